The van der Waals surface area contributed by atoms with E-state index in [9.17, 15) is 4.79 Å². The molecule has 1 unspecified atom stereocenters. The summed E-state index contributed by atoms with van der Waals surface area (Å²) in [6, 6.07) is 10.8. The Morgan fingerprint density at radius 3 is 2.78 bits per heavy atom. The topological polar surface area (TPSA) is 81.2 Å². The van der Waals surface area contributed by atoms with E-state index in [1.54, 1.807) is 6.07 Å². The molecule has 0 saturated carbocycles. The third kappa shape index (κ3) is 3.43. The number of hydrogen-bond acceptors (Lipinski definition) is 4. The number of nitrogens with one attached hydrogen (secondary N) is 1. The number of rotatable bonds is 5. The van der Waals surface area contributed by atoms with Crippen molar-refractivity contribution in [3.05, 3.63) is 53.9 Å². The average Bonchev–Trinajstić information content (AvgIpc) is 2.90. The molecule has 2 rings (SSSR count). The standard InChI is InChI=1S/C13H15N3O2/c14-12(8-10-4-2-1-3-5-10)13(17)15-9-11-6-7-16-18-11/h1-7,12H,8-9,14H2,(H,15,17). The number of carbonyl (C=O) groups is 1. The maximum absolute atomic E-state index is 11.7. The molecular formula is C13H15N3O2. The van der Waals surface area contributed by atoms with E-state index in [0.717, 1.165) is 5.56 Å². The maximum Gasteiger partial charge on any atom is 0.237 e. The highest BCUT2D eigenvalue weighted by atomic mass is 16.5. The first kappa shape index (κ1) is 12.3. The van der Waals surface area contributed by atoms with Crippen molar-refractivity contribution in [3.8, 4) is 0 Å². The van der Waals surface area contributed by atoms with Crippen molar-refractivity contribution in [1.29, 1.82) is 0 Å². The van der Waals surface area contributed by atoms with Crippen LogP contribution in [0.25, 0.3) is 0 Å². The lowest BCUT2D eigenvalue weighted by Gasteiger charge is -2.11. The number of benzene rings is 1. The summed E-state index contributed by atoms with van der Waals surface area (Å²) >= 11 is 0. The molecule has 1 atom stereocenters. The van der Waals surface area contributed by atoms with Gasteiger partial charge in [-0.3, -0.25) is 4.79 Å². The van der Waals surface area contributed by atoms with E-state index in [-0.39, 0.29) is 5.91 Å². The molecule has 1 aromatic heterocycles. The van der Waals surface area contributed by atoms with Gasteiger partial charge in [0.2, 0.25) is 5.91 Å². The Balaban J connectivity index is 1.82. The van der Waals surface area contributed by atoms with Gasteiger partial charge >= 0.3 is 0 Å². The fourth-order valence-electron chi connectivity index (χ4n) is 1.60. The van der Waals surface area contributed by atoms with Gasteiger partial charge in [-0.2, -0.15) is 0 Å². The summed E-state index contributed by atoms with van der Waals surface area (Å²) < 4.78 is 4.88. The van der Waals surface area contributed by atoms with E-state index in [2.05, 4.69) is 10.5 Å². The molecule has 0 aliphatic heterocycles. The fraction of sp³-hybridized carbons (Fsp3) is 0.231. The molecule has 5 heteroatoms. The molecule has 1 heterocycles. The number of carbonyl (C=O) groups excluding carboxylic acids is 1. The number of amides is 1. The van der Waals surface area contributed by atoms with Crippen LogP contribution in [0.3, 0.4) is 0 Å². The Labute approximate surface area is 105 Å². The van der Waals surface area contributed by atoms with E-state index in [0.29, 0.717) is 18.7 Å². The summed E-state index contributed by atoms with van der Waals surface area (Å²) in [5.41, 5.74) is 6.87. The van der Waals surface area contributed by atoms with Crippen LogP contribution in [0.1, 0.15) is 11.3 Å². The highest BCUT2D eigenvalue weighted by Crippen LogP contribution is 2.02. The van der Waals surface area contributed by atoms with Crippen molar-refractivity contribution < 1.29 is 9.32 Å². The van der Waals surface area contributed by atoms with Gasteiger partial charge in [0.05, 0.1) is 18.8 Å². The molecule has 0 saturated heterocycles. The first-order valence-electron chi connectivity index (χ1n) is 5.72. The van der Waals surface area contributed by atoms with Crippen LogP contribution in [0, 0.1) is 0 Å². The number of aromatic nitrogens is 1. The molecule has 18 heavy (non-hydrogen) atoms. The van der Waals surface area contributed by atoms with Crippen LogP contribution in [0.15, 0.2) is 47.1 Å². The molecule has 0 radical (unpaired) electrons. The lowest BCUT2D eigenvalue weighted by atomic mass is 10.1. The zero-order valence-electron chi connectivity index (χ0n) is 9.87. The number of hydrogen-bond donors (Lipinski definition) is 2. The van der Waals surface area contributed by atoms with Gasteiger partial charge in [-0.05, 0) is 12.0 Å². The average molecular weight is 245 g/mol. The van der Waals surface area contributed by atoms with Crippen molar-refractivity contribution >= 4 is 5.91 Å². The van der Waals surface area contributed by atoms with Gasteiger partial charge < -0.3 is 15.6 Å². The summed E-state index contributed by atoms with van der Waals surface area (Å²) in [5, 5.41) is 6.26. The first-order valence-corrected chi connectivity index (χ1v) is 5.72. The molecule has 5 nitrogen and oxygen atoms in total. The molecule has 1 aromatic carbocycles. The molecule has 94 valence electrons. The Kier molecular flexibility index (Phi) is 4.09. The minimum atomic E-state index is -0.560. The van der Waals surface area contributed by atoms with Crippen molar-refractivity contribution in [1.82, 2.24) is 10.5 Å². The summed E-state index contributed by atoms with van der Waals surface area (Å²) in [6.45, 7) is 0.307. The molecular weight excluding hydrogens is 230 g/mol. The van der Waals surface area contributed by atoms with E-state index in [1.165, 1.54) is 6.20 Å². The van der Waals surface area contributed by atoms with Crippen LogP contribution in [-0.2, 0) is 17.8 Å². The second-order valence-corrected chi connectivity index (χ2v) is 3.99. The fourth-order valence-corrected chi connectivity index (χ4v) is 1.60. The third-order valence-corrected chi connectivity index (χ3v) is 2.56. The summed E-state index contributed by atoms with van der Waals surface area (Å²) in [5.74, 6) is 0.408. The van der Waals surface area contributed by atoms with E-state index in [1.807, 2.05) is 30.3 Å². The molecule has 0 aliphatic carbocycles. The molecule has 0 spiro atoms. The number of nitrogens with zero attached hydrogens (tertiary/aromatic N) is 1. The second-order valence-electron chi connectivity index (χ2n) is 3.99. The van der Waals surface area contributed by atoms with Crippen LogP contribution >= 0.6 is 0 Å². The molecule has 2 aromatic rings. The van der Waals surface area contributed by atoms with Gasteiger partial charge in [0.25, 0.3) is 0 Å². The van der Waals surface area contributed by atoms with Gasteiger partial charge in [0, 0.05) is 6.07 Å². The normalized spacial score (nSPS) is 12.1. The van der Waals surface area contributed by atoms with Crippen LogP contribution in [0.5, 0.6) is 0 Å². The highest BCUT2D eigenvalue weighted by molar-refractivity contribution is 5.81. The lowest BCUT2D eigenvalue weighted by molar-refractivity contribution is -0.122. The zero-order chi connectivity index (χ0) is 12.8. The first-order chi connectivity index (χ1) is 8.75. The predicted octanol–water partition coefficient (Wildman–Crippen LogP) is 0.861. The number of nitrogens with two attached hydrogens (primary N) is 1. The van der Waals surface area contributed by atoms with Crippen LogP contribution in [0.4, 0.5) is 0 Å². The molecule has 0 fully saturated rings. The van der Waals surface area contributed by atoms with Crippen molar-refractivity contribution in [3.63, 3.8) is 0 Å². The van der Waals surface area contributed by atoms with Gasteiger partial charge in [-0.25, -0.2) is 0 Å². The largest absolute Gasteiger partial charge is 0.360 e. The zero-order valence-corrected chi connectivity index (χ0v) is 9.87. The highest BCUT2D eigenvalue weighted by Gasteiger charge is 2.13. The molecule has 3 N–H and O–H groups in total. The predicted molar refractivity (Wildman–Crippen MR) is 66.5 cm³/mol. The van der Waals surface area contributed by atoms with Crippen molar-refractivity contribution in [2.24, 2.45) is 5.73 Å². The maximum atomic E-state index is 11.7. The van der Waals surface area contributed by atoms with Crippen LogP contribution < -0.4 is 11.1 Å². The summed E-state index contributed by atoms with van der Waals surface area (Å²) in [6.07, 6.45) is 2.05. The van der Waals surface area contributed by atoms with Crippen LogP contribution in [0.2, 0.25) is 0 Å². The van der Waals surface area contributed by atoms with Gasteiger partial charge in [-0.15, -0.1) is 0 Å². The van der Waals surface area contributed by atoms with Crippen LogP contribution in [-0.4, -0.2) is 17.1 Å². The van der Waals surface area contributed by atoms with Crippen molar-refractivity contribution in [2.45, 2.75) is 19.0 Å². The Morgan fingerprint density at radius 1 is 1.33 bits per heavy atom. The van der Waals surface area contributed by atoms with Gasteiger partial charge in [0.1, 0.15) is 0 Å². The minimum Gasteiger partial charge on any atom is -0.360 e. The van der Waals surface area contributed by atoms with Crippen molar-refractivity contribution in [2.75, 3.05) is 0 Å². The Bertz CT molecular complexity index is 482. The Morgan fingerprint density at radius 2 is 2.11 bits per heavy atom. The summed E-state index contributed by atoms with van der Waals surface area (Å²) in [4.78, 5) is 11.7. The van der Waals surface area contributed by atoms with E-state index in [4.69, 9.17) is 10.3 Å². The molecule has 0 aliphatic rings. The second kappa shape index (κ2) is 5.97. The van der Waals surface area contributed by atoms with Gasteiger partial charge in [0.15, 0.2) is 5.76 Å². The van der Waals surface area contributed by atoms with E-state index >= 15 is 0 Å². The van der Waals surface area contributed by atoms with Gasteiger partial charge in [-0.1, -0.05) is 35.5 Å². The summed E-state index contributed by atoms with van der Waals surface area (Å²) in [7, 11) is 0. The Hall–Kier alpha value is -2.14. The minimum absolute atomic E-state index is 0.199. The van der Waals surface area contributed by atoms with E-state index < -0.39 is 6.04 Å². The smallest absolute Gasteiger partial charge is 0.237 e. The molecule has 0 bridgehead atoms. The molecule has 1 amide bonds. The SMILES string of the molecule is NC(Cc1ccccc1)C(=O)NCc1ccno1. The monoisotopic (exact) mass is 245 g/mol. The lowest BCUT2D eigenvalue weighted by Crippen LogP contribution is -2.41. The quantitative estimate of drug-likeness (QED) is 0.818. The third-order valence-electron chi connectivity index (χ3n) is 2.56.